The molecule has 1 aromatic heterocycles. The summed E-state index contributed by atoms with van der Waals surface area (Å²) in [6, 6.07) is 6.51. The van der Waals surface area contributed by atoms with Gasteiger partial charge in [-0.3, -0.25) is 14.8 Å². The van der Waals surface area contributed by atoms with E-state index in [4.69, 9.17) is 5.11 Å². The molecule has 1 heterocycles. The molecule has 1 amide bonds. The molecule has 2 atom stereocenters. The van der Waals surface area contributed by atoms with Crippen molar-refractivity contribution in [3.8, 4) is 5.69 Å². The number of benzene rings is 1. The third-order valence-electron chi connectivity index (χ3n) is 4.92. The Kier molecular flexibility index (Phi) is 6.80. The largest absolute Gasteiger partial charge is 0.733 e. The molecule has 0 spiro atoms. The zero-order chi connectivity index (χ0) is 21.8. The maximum atomic E-state index is 12.0. The van der Waals surface area contributed by atoms with Gasteiger partial charge in [-0.2, -0.15) is 5.10 Å². The number of aryl methyl sites for hydroxylation is 1. The van der Waals surface area contributed by atoms with E-state index in [1.54, 1.807) is 22.9 Å². The highest BCUT2D eigenvalue weighted by molar-refractivity contribution is 8.00. The average molecular weight is 431 g/mol. The molecule has 0 bridgehead atoms. The molecule has 1 aromatic carbocycles. The summed E-state index contributed by atoms with van der Waals surface area (Å²) in [5.41, 5.74) is 3.23. The third kappa shape index (κ3) is 4.84. The average Bonchev–Trinajstić information content (AvgIpc) is 3.24. The summed E-state index contributed by atoms with van der Waals surface area (Å²) in [6.45, 7) is 3.79. The first kappa shape index (κ1) is 21.9. The Bertz CT molecular complexity index is 972. The fourth-order valence-electron chi connectivity index (χ4n) is 3.73. The van der Waals surface area contributed by atoms with Crippen molar-refractivity contribution in [1.82, 2.24) is 15.1 Å². The van der Waals surface area contributed by atoms with Gasteiger partial charge in [-0.15, -0.1) is 11.8 Å². The molecule has 3 N–H and O–H groups in total. The number of para-hydroxylation sites is 2. The van der Waals surface area contributed by atoms with E-state index < -0.39 is 5.97 Å². The minimum absolute atomic E-state index is 0.0420. The normalized spacial score (nSPS) is 17.9. The van der Waals surface area contributed by atoms with Gasteiger partial charge >= 0.3 is 5.97 Å². The van der Waals surface area contributed by atoms with Gasteiger partial charge in [0.15, 0.2) is 0 Å². The van der Waals surface area contributed by atoms with Gasteiger partial charge in [0.1, 0.15) is 0 Å². The highest BCUT2D eigenvalue weighted by Crippen LogP contribution is 2.35. The fraction of sp³-hybridized carbons (Fsp3) is 0.350. The lowest BCUT2D eigenvalue weighted by molar-refractivity contribution is -0.133. The van der Waals surface area contributed by atoms with Crippen molar-refractivity contribution in [2.75, 3.05) is 16.7 Å². The lowest BCUT2D eigenvalue weighted by Gasteiger charge is -2.24. The van der Waals surface area contributed by atoms with E-state index in [0.717, 1.165) is 28.7 Å². The van der Waals surface area contributed by atoms with Crippen molar-refractivity contribution >= 4 is 29.3 Å². The predicted octanol–water partition coefficient (Wildman–Crippen LogP) is 2.53. The highest BCUT2D eigenvalue weighted by Gasteiger charge is 2.27. The second kappa shape index (κ2) is 9.33. The van der Waals surface area contributed by atoms with Gasteiger partial charge in [0.05, 0.1) is 28.6 Å². The highest BCUT2D eigenvalue weighted by atomic mass is 32.2. The molecule has 0 fully saturated rings. The Morgan fingerprint density at radius 1 is 1.30 bits per heavy atom. The number of hydrogen-bond acceptors (Lipinski definition) is 7. The monoisotopic (exact) mass is 431 g/mol. The number of allylic oxidation sites excluding steroid dienone is 1. The smallest absolute Gasteiger partial charge is 0.313 e. The third-order valence-corrected chi connectivity index (χ3v) is 5.84. The Balaban J connectivity index is 1.72. The van der Waals surface area contributed by atoms with Crippen molar-refractivity contribution in [2.24, 2.45) is 0 Å². The number of amides is 1. The van der Waals surface area contributed by atoms with Gasteiger partial charge in [0, 0.05) is 23.2 Å². The number of carboxylic acid groups (broad SMARTS) is 1. The van der Waals surface area contributed by atoms with Crippen LogP contribution in [0.2, 0.25) is 0 Å². The number of aliphatic carboxylic acids is 1. The molecule has 30 heavy (non-hydrogen) atoms. The summed E-state index contributed by atoms with van der Waals surface area (Å²) in [7, 11) is 0. The van der Waals surface area contributed by atoms with Crippen molar-refractivity contribution < 1.29 is 19.9 Å². The molecule has 3 rings (SSSR count). The van der Waals surface area contributed by atoms with Crippen molar-refractivity contribution in [3.63, 3.8) is 0 Å². The standard InChI is InChI=1S/C20H23N4O5S/c1-12-20(13(2)23(22-12)16-5-3-4-6-17(16)24(28)29)14-7-8-15(9-14)21-18(25)10-30-11-19(26)27/h3-8,14-15,28H,9-11H2,1-2H3,(H,21,25)(H,26,27)/q-1/t14-,15+/m0/s1. The van der Waals surface area contributed by atoms with Crippen LogP contribution in [0.5, 0.6) is 0 Å². The van der Waals surface area contributed by atoms with E-state index >= 15 is 0 Å². The van der Waals surface area contributed by atoms with Crippen LogP contribution in [0.1, 0.15) is 29.3 Å². The molecular formula is C20H23N4O5S-. The van der Waals surface area contributed by atoms with E-state index in [0.29, 0.717) is 12.1 Å². The molecular weight excluding hydrogens is 408 g/mol. The van der Waals surface area contributed by atoms with E-state index in [-0.39, 0.29) is 40.3 Å². The van der Waals surface area contributed by atoms with E-state index in [9.17, 15) is 20.0 Å². The molecule has 10 heteroatoms. The van der Waals surface area contributed by atoms with Crippen LogP contribution in [-0.4, -0.2) is 49.5 Å². The molecule has 9 nitrogen and oxygen atoms in total. The molecule has 0 saturated carbocycles. The molecule has 0 saturated heterocycles. The van der Waals surface area contributed by atoms with Crippen LogP contribution in [0.15, 0.2) is 36.4 Å². The number of aromatic nitrogens is 2. The quantitative estimate of drug-likeness (QED) is 0.429. The number of nitrogens with zero attached hydrogens (tertiary/aromatic N) is 3. The van der Waals surface area contributed by atoms with Crippen LogP contribution in [-0.2, 0) is 9.59 Å². The summed E-state index contributed by atoms with van der Waals surface area (Å²) in [5.74, 6) is -1.11. The number of thioether (sulfide) groups is 1. The summed E-state index contributed by atoms with van der Waals surface area (Å²) in [6.07, 6.45) is 4.62. The molecule has 0 radical (unpaired) electrons. The molecule has 160 valence electrons. The van der Waals surface area contributed by atoms with E-state index in [1.165, 1.54) is 6.07 Å². The van der Waals surface area contributed by atoms with Gasteiger partial charge in [-0.1, -0.05) is 24.3 Å². The zero-order valence-corrected chi connectivity index (χ0v) is 17.4. The topological polar surface area (TPSA) is 131 Å². The molecule has 1 aliphatic rings. The molecule has 0 aliphatic heterocycles. The first-order chi connectivity index (χ1) is 14.3. The predicted molar refractivity (Wildman–Crippen MR) is 114 cm³/mol. The Hall–Kier alpha value is -2.82. The molecule has 0 unspecified atom stereocenters. The number of carbonyl (C=O) groups is 2. The van der Waals surface area contributed by atoms with Crippen LogP contribution in [0, 0.1) is 19.1 Å². The summed E-state index contributed by atoms with van der Waals surface area (Å²) < 4.78 is 1.64. The van der Waals surface area contributed by atoms with Gasteiger partial charge in [0.25, 0.3) is 0 Å². The van der Waals surface area contributed by atoms with Crippen LogP contribution in [0.4, 0.5) is 5.69 Å². The van der Waals surface area contributed by atoms with Gasteiger partial charge < -0.3 is 20.9 Å². The van der Waals surface area contributed by atoms with Crippen molar-refractivity contribution in [2.45, 2.75) is 32.2 Å². The number of anilines is 1. The SMILES string of the molecule is Cc1nn(-c2ccccc2N([O-])O)c(C)c1[C@H]1C=C[C@@H](NC(=O)CSCC(=O)O)C1. The number of rotatable bonds is 8. The number of nitrogens with one attached hydrogen (secondary N) is 1. The number of carbonyl (C=O) groups excluding carboxylic acids is 1. The minimum Gasteiger partial charge on any atom is -0.733 e. The fourth-order valence-corrected chi connectivity index (χ4v) is 4.28. The summed E-state index contributed by atoms with van der Waals surface area (Å²) >= 11 is 1.06. The second-order valence-electron chi connectivity index (χ2n) is 7.05. The lowest BCUT2D eigenvalue weighted by atomic mass is 9.96. The van der Waals surface area contributed by atoms with E-state index in [2.05, 4.69) is 10.4 Å². The maximum Gasteiger partial charge on any atom is 0.313 e. The minimum atomic E-state index is -0.945. The molecule has 1 aliphatic carbocycles. The Morgan fingerprint density at radius 3 is 2.73 bits per heavy atom. The number of hydrogen-bond donors (Lipinski definition) is 3. The van der Waals surface area contributed by atoms with E-state index in [1.807, 2.05) is 26.0 Å². The maximum absolute atomic E-state index is 12.0. The van der Waals surface area contributed by atoms with Crippen LogP contribution in [0.25, 0.3) is 5.69 Å². The van der Waals surface area contributed by atoms with Crippen molar-refractivity contribution in [3.05, 3.63) is 58.6 Å². The van der Waals surface area contributed by atoms with Gasteiger partial charge in [-0.05, 0) is 32.4 Å². The molecule has 2 aromatic rings. The number of carboxylic acids is 1. The van der Waals surface area contributed by atoms with Crippen LogP contribution >= 0.6 is 11.8 Å². The summed E-state index contributed by atoms with van der Waals surface area (Å²) in [4.78, 5) is 22.6. The summed E-state index contributed by atoms with van der Waals surface area (Å²) in [5, 5.41) is 36.9. The first-order valence-corrected chi connectivity index (χ1v) is 10.5. The zero-order valence-electron chi connectivity index (χ0n) is 16.6. The van der Waals surface area contributed by atoms with Crippen LogP contribution < -0.4 is 10.5 Å². The second-order valence-corrected chi connectivity index (χ2v) is 8.03. The van der Waals surface area contributed by atoms with Crippen molar-refractivity contribution in [1.29, 1.82) is 0 Å². The Morgan fingerprint density at radius 2 is 2.03 bits per heavy atom. The van der Waals surface area contributed by atoms with Gasteiger partial charge in [0.2, 0.25) is 5.91 Å². The van der Waals surface area contributed by atoms with Gasteiger partial charge in [-0.25, -0.2) is 4.68 Å². The van der Waals surface area contributed by atoms with Crippen LogP contribution in [0.3, 0.4) is 0 Å². The Labute approximate surface area is 177 Å². The lowest BCUT2D eigenvalue weighted by Crippen LogP contribution is -2.34. The first-order valence-electron chi connectivity index (χ1n) is 9.36.